The lowest BCUT2D eigenvalue weighted by molar-refractivity contribution is -0.117. The van der Waals surface area contributed by atoms with Crippen LogP contribution in [0.25, 0.3) is 22.5 Å². The van der Waals surface area contributed by atoms with Crippen molar-refractivity contribution in [3.05, 3.63) is 108 Å². The summed E-state index contributed by atoms with van der Waals surface area (Å²) in [6.45, 7) is 19.1. The Bertz CT molecular complexity index is 1440. The van der Waals surface area contributed by atoms with Gasteiger partial charge in [-0.1, -0.05) is 107 Å². The van der Waals surface area contributed by atoms with Crippen LogP contribution in [0.1, 0.15) is 91.2 Å². The minimum absolute atomic E-state index is 0.0779. The average Bonchev–Trinajstić information content (AvgIpc) is 2.99. The van der Waals surface area contributed by atoms with Crippen LogP contribution in [0, 0.1) is 10.8 Å². The second kappa shape index (κ2) is 13.7. The van der Waals surface area contributed by atoms with Gasteiger partial charge in [-0.05, 0) is 79.4 Å². The summed E-state index contributed by atoms with van der Waals surface area (Å²) >= 11 is 0. The Morgan fingerprint density at radius 2 is 1.51 bits per heavy atom. The van der Waals surface area contributed by atoms with Crippen LogP contribution in [-0.4, -0.2) is 21.9 Å². The van der Waals surface area contributed by atoms with Crippen LogP contribution >= 0.6 is 0 Å². The van der Waals surface area contributed by atoms with Gasteiger partial charge < -0.3 is 5.32 Å². The van der Waals surface area contributed by atoms with Crippen molar-refractivity contribution in [2.24, 2.45) is 10.8 Å². The van der Waals surface area contributed by atoms with Gasteiger partial charge in [-0.2, -0.15) is 0 Å². The largest absolute Gasteiger partial charge is 0.346 e. The fourth-order valence-corrected chi connectivity index (χ4v) is 5.40. The highest BCUT2D eigenvalue weighted by Crippen LogP contribution is 2.42. The molecule has 226 valence electrons. The van der Waals surface area contributed by atoms with E-state index < -0.39 is 0 Å². The molecule has 4 heteroatoms. The van der Waals surface area contributed by atoms with Crippen molar-refractivity contribution in [1.29, 1.82) is 0 Å². The van der Waals surface area contributed by atoms with Crippen molar-refractivity contribution in [1.82, 2.24) is 15.3 Å². The number of hydrogen-bond acceptors (Lipinski definition) is 3. The summed E-state index contributed by atoms with van der Waals surface area (Å²) < 4.78 is 0. The molecule has 1 amide bonds. The first kappa shape index (κ1) is 32.1. The van der Waals surface area contributed by atoms with Crippen molar-refractivity contribution < 1.29 is 4.79 Å². The maximum Gasteiger partial charge on any atom is 0.247 e. The summed E-state index contributed by atoms with van der Waals surface area (Å²) in [4.78, 5) is 22.1. The number of allylic oxidation sites excluding steroid dienone is 3. The quantitative estimate of drug-likeness (QED) is 0.157. The molecular weight excluding hydrogens is 526 g/mol. The monoisotopic (exact) mass is 575 g/mol. The predicted molar refractivity (Wildman–Crippen MR) is 181 cm³/mol. The number of carbonyl (C=O) groups is 1. The number of nitrogens with one attached hydrogen (secondary N) is 1. The Morgan fingerprint density at radius 1 is 0.930 bits per heavy atom. The third-order valence-corrected chi connectivity index (χ3v) is 9.10. The van der Waals surface area contributed by atoms with Crippen molar-refractivity contribution in [2.45, 2.75) is 92.5 Å². The zero-order chi connectivity index (χ0) is 31.2. The molecule has 1 aliphatic rings. The Hall–Kier alpha value is -3.79. The summed E-state index contributed by atoms with van der Waals surface area (Å²) in [5, 5.41) is 3.09. The van der Waals surface area contributed by atoms with Crippen LogP contribution in [0.2, 0.25) is 0 Å². The van der Waals surface area contributed by atoms with Gasteiger partial charge in [0, 0.05) is 29.1 Å². The lowest BCUT2D eigenvalue weighted by Gasteiger charge is -2.34. The molecule has 2 aromatic carbocycles. The van der Waals surface area contributed by atoms with Crippen LogP contribution in [0.4, 0.5) is 0 Å². The maximum atomic E-state index is 12.8. The Kier molecular flexibility index (Phi) is 10.2. The van der Waals surface area contributed by atoms with Gasteiger partial charge in [0.2, 0.25) is 5.91 Å². The van der Waals surface area contributed by atoms with E-state index in [1.54, 1.807) is 6.08 Å². The smallest absolute Gasteiger partial charge is 0.247 e. The van der Waals surface area contributed by atoms with E-state index in [1.807, 2.05) is 43.6 Å². The van der Waals surface area contributed by atoms with Crippen LogP contribution in [0.15, 0.2) is 96.9 Å². The summed E-state index contributed by atoms with van der Waals surface area (Å²) in [5.74, 6) is 1.29. The minimum Gasteiger partial charge on any atom is -0.346 e. The first-order chi connectivity index (χ1) is 20.3. The third kappa shape index (κ3) is 8.86. The zero-order valence-electron chi connectivity index (χ0n) is 27.2. The Labute approximate surface area is 259 Å². The van der Waals surface area contributed by atoms with Crippen LogP contribution in [-0.2, 0) is 11.2 Å². The maximum absolute atomic E-state index is 12.8. The van der Waals surface area contributed by atoms with E-state index in [-0.39, 0.29) is 17.4 Å². The molecule has 3 aromatic rings. The van der Waals surface area contributed by atoms with Crippen LogP contribution in [0.3, 0.4) is 0 Å². The Morgan fingerprint density at radius 3 is 2.07 bits per heavy atom. The highest BCUT2D eigenvalue weighted by atomic mass is 16.1. The number of hydrogen-bond donors (Lipinski definition) is 1. The molecule has 1 fully saturated rings. The molecule has 4 rings (SSSR count). The molecule has 4 nitrogen and oxygen atoms in total. The van der Waals surface area contributed by atoms with E-state index >= 15 is 0 Å². The SMILES string of the molecule is C=C[C@H](Cc1ccc(-c2ncc(-c3ccc(C4CCC(C)(C)CC4)cc3)cn2)cc1)NC(=O)/C(C)=C/C=C(\C)C(C)(C)C. The zero-order valence-corrected chi connectivity index (χ0v) is 27.2. The van der Waals surface area contributed by atoms with Crippen molar-refractivity contribution in [3.63, 3.8) is 0 Å². The van der Waals surface area contributed by atoms with E-state index in [4.69, 9.17) is 0 Å². The van der Waals surface area contributed by atoms with Gasteiger partial charge in [-0.15, -0.1) is 6.58 Å². The molecule has 43 heavy (non-hydrogen) atoms. The molecule has 0 aliphatic heterocycles. The Balaban J connectivity index is 1.34. The number of amides is 1. The van der Waals surface area contributed by atoms with E-state index in [1.165, 1.54) is 36.8 Å². The molecule has 1 N–H and O–H groups in total. The molecule has 1 heterocycles. The molecule has 0 saturated heterocycles. The average molecular weight is 576 g/mol. The third-order valence-electron chi connectivity index (χ3n) is 9.10. The lowest BCUT2D eigenvalue weighted by Crippen LogP contribution is -2.35. The normalized spacial score (nSPS) is 16.9. The van der Waals surface area contributed by atoms with E-state index in [9.17, 15) is 4.79 Å². The van der Waals surface area contributed by atoms with Gasteiger partial charge in [-0.3, -0.25) is 4.79 Å². The highest BCUT2D eigenvalue weighted by molar-refractivity contribution is 5.93. The first-order valence-corrected chi connectivity index (χ1v) is 15.7. The molecule has 1 aliphatic carbocycles. The standard InChI is InChI=1S/C39H49N3O/c1-9-35(42-37(43)27(2)10-11-28(3)38(4,5)6)24-29-12-14-33(15-13-29)36-40-25-34(26-41-36)31-18-16-30(17-19-31)32-20-22-39(7,8)23-21-32/h9-19,25-26,32,35H,1,20-24H2,2-8H3,(H,42,43)/b27-10+,28-11+/t35-/m1/s1. The van der Waals surface area contributed by atoms with Gasteiger partial charge in [0.1, 0.15) is 0 Å². The minimum atomic E-state index is -0.165. The number of carbonyl (C=O) groups excluding carboxylic acids is 1. The van der Waals surface area contributed by atoms with E-state index in [2.05, 4.69) is 99.8 Å². The molecule has 0 radical (unpaired) electrons. The number of benzene rings is 2. The second-order valence-electron chi connectivity index (χ2n) is 14.0. The summed E-state index contributed by atoms with van der Waals surface area (Å²) in [6, 6.07) is 17.0. The summed E-state index contributed by atoms with van der Waals surface area (Å²) in [7, 11) is 0. The topological polar surface area (TPSA) is 54.9 Å². The van der Waals surface area contributed by atoms with Crippen molar-refractivity contribution >= 4 is 5.91 Å². The molecule has 0 unspecified atom stereocenters. The van der Waals surface area contributed by atoms with Gasteiger partial charge in [0.15, 0.2) is 5.82 Å². The molecular formula is C39H49N3O. The van der Waals surface area contributed by atoms with Crippen LogP contribution in [0.5, 0.6) is 0 Å². The second-order valence-corrected chi connectivity index (χ2v) is 14.0. The molecule has 1 atom stereocenters. The fourth-order valence-electron chi connectivity index (χ4n) is 5.40. The van der Waals surface area contributed by atoms with Crippen molar-refractivity contribution in [2.75, 3.05) is 0 Å². The first-order valence-electron chi connectivity index (χ1n) is 15.7. The number of nitrogens with zero attached hydrogens (tertiary/aromatic N) is 2. The molecule has 0 spiro atoms. The van der Waals surface area contributed by atoms with Gasteiger partial charge >= 0.3 is 0 Å². The summed E-state index contributed by atoms with van der Waals surface area (Å²) in [5.41, 5.74) is 8.16. The molecule has 1 aromatic heterocycles. The van der Waals surface area contributed by atoms with Gasteiger partial charge in [0.25, 0.3) is 0 Å². The van der Waals surface area contributed by atoms with E-state index in [0.29, 0.717) is 29.2 Å². The predicted octanol–water partition coefficient (Wildman–Crippen LogP) is 9.65. The fraction of sp³-hybridized carbons (Fsp3) is 0.410. The highest BCUT2D eigenvalue weighted by Gasteiger charge is 2.27. The summed E-state index contributed by atoms with van der Waals surface area (Å²) in [6.07, 6.45) is 15.3. The van der Waals surface area contributed by atoms with Crippen LogP contribution < -0.4 is 5.32 Å². The number of aromatic nitrogens is 2. The molecule has 1 saturated carbocycles. The number of rotatable bonds is 9. The van der Waals surface area contributed by atoms with E-state index in [0.717, 1.165) is 22.3 Å². The molecule has 0 bridgehead atoms. The van der Waals surface area contributed by atoms with Gasteiger partial charge in [-0.25, -0.2) is 9.97 Å². The van der Waals surface area contributed by atoms with Gasteiger partial charge in [0.05, 0.1) is 6.04 Å². The lowest BCUT2D eigenvalue weighted by atomic mass is 9.71. The van der Waals surface area contributed by atoms with Crippen molar-refractivity contribution in [3.8, 4) is 22.5 Å².